The molecular formula is C31H38N12OS. The molecule has 0 aromatic carbocycles. The number of amides is 1. The van der Waals surface area contributed by atoms with Crippen molar-refractivity contribution in [3.05, 3.63) is 30.6 Å². The van der Waals surface area contributed by atoms with E-state index in [0.29, 0.717) is 23.5 Å². The van der Waals surface area contributed by atoms with Crippen molar-refractivity contribution in [3.8, 4) is 28.0 Å². The van der Waals surface area contributed by atoms with Crippen LogP contribution in [0.1, 0.15) is 52.4 Å². The van der Waals surface area contributed by atoms with Crippen molar-refractivity contribution >= 4 is 39.5 Å². The predicted molar refractivity (Wildman–Crippen MR) is 174 cm³/mol. The molecule has 1 saturated heterocycles. The highest BCUT2D eigenvalue weighted by Crippen LogP contribution is 2.41. The second-order valence-electron chi connectivity index (χ2n) is 12.6. The molecule has 0 radical (unpaired) electrons. The summed E-state index contributed by atoms with van der Waals surface area (Å²) in [4.78, 5) is 23.4. The monoisotopic (exact) mass is 626 g/mol. The number of anilines is 3. The van der Waals surface area contributed by atoms with E-state index in [2.05, 4.69) is 42.1 Å². The van der Waals surface area contributed by atoms with Crippen LogP contribution < -0.4 is 26.6 Å². The molecular weight excluding hydrogens is 588 g/mol. The van der Waals surface area contributed by atoms with E-state index in [1.165, 1.54) is 11.3 Å². The number of rotatable bonds is 8. The molecule has 7 rings (SSSR count). The molecule has 2 saturated carbocycles. The maximum atomic E-state index is 11.7. The first-order valence-corrected chi connectivity index (χ1v) is 16.6. The number of nitrogens with one attached hydrogen (secondary N) is 3. The van der Waals surface area contributed by atoms with E-state index in [-0.39, 0.29) is 24.0 Å². The lowest BCUT2D eigenvalue weighted by atomic mass is 9.91. The summed E-state index contributed by atoms with van der Waals surface area (Å²) in [5, 5.41) is 35.1. The maximum Gasteiger partial charge on any atom is 0.241 e. The Bertz CT molecular complexity index is 1730. The molecule has 2 aliphatic carbocycles. The Kier molecular flexibility index (Phi) is 7.97. The quantitative estimate of drug-likeness (QED) is 0.225. The molecule has 6 atom stereocenters. The zero-order valence-corrected chi connectivity index (χ0v) is 26.3. The highest BCUT2D eigenvalue weighted by Gasteiger charge is 2.43. The molecule has 2 bridgehead atoms. The second-order valence-corrected chi connectivity index (χ2v) is 13.5. The molecule has 4 aromatic heterocycles. The average molecular weight is 627 g/mol. The van der Waals surface area contributed by atoms with Crippen LogP contribution >= 0.6 is 11.3 Å². The van der Waals surface area contributed by atoms with E-state index < -0.39 is 6.04 Å². The third-order valence-corrected chi connectivity index (χ3v) is 10.4. The molecule has 13 nitrogen and oxygen atoms in total. The van der Waals surface area contributed by atoms with Crippen molar-refractivity contribution in [2.24, 2.45) is 17.6 Å². The Balaban J connectivity index is 1.16. The van der Waals surface area contributed by atoms with Crippen molar-refractivity contribution < 1.29 is 4.79 Å². The van der Waals surface area contributed by atoms with Crippen molar-refractivity contribution in [2.45, 2.75) is 76.5 Å². The van der Waals surface area contributed by atoms with Gasteiger partial charge in [-0.25, -0.2) is 9.50 Å². The fourth-order valence-electron chi connectivity index (χ4n) is 7.12. The summed E-state index contributed by atoms with van der Waals surface area (Å²) in [6, 6.07) is 8.18. The number of pyridine rings is 1. The van der Waals surface area contributed by atoms with Crippen LogP contribution in [0.15, 0.2) is 30.6 Å². The Morgan fingerprint density at radius 2 is 1.91 bits per heavy atom. The maximum absolute atomic E-state index is 11.7. The number of hydrogen-bond donors (Lipinski definition) is 4. The lowest BCUT2D eigenvalue weighted by molar-refractivity contribution is -0.120. The van der Waals surface area contributed by atoms with E-state index in [1.807, 2.05) is 29.6 Å². The predicted octanol–water partition coefficient (Wildman–Crippen LogP) is 3.67. The molecule has 4 aromatic rings. The van der Waals surface area contributed by atoms with Crippen molar-refractivity contribution in [1.82, 2.24) is 35.1 Å². The van der Waals surface area contributed by atoms with E-state index >= 15 is 0 Å². The number of hydrogen-bond acceptors (Lipinski definition) is 12. The van der Waals surface area contributed by atoms with Gasteiger partial charge in [0.15, 0.2) is 5.01 Å². The van der Waals surface area contributed by atoms with Crippen molar-refractivity contribution in [1.29, 1.82) is 5.26 Å². The van der Waals surface area contributed by atoms with Gasteiger partial charge in [-0.05, 0) is 62.6 Å². The van der Waals surface area contributed by atoms with Gasteiger partial charge in [-0.3, -0.25) is 9.78 Å². The van der Waals surface area contributed by atoms with Gasteiger partial charge in [-0.15, -0.1) is 15.3 Å². The molecule has 5 heterocycles. The minimum Gasteiger partial charge on any atom is -0.369 e. The average Bonchev–Trinajstić information content (AvgIpc) is 3.74. The lowest BCUT2D eigenvalue weighted by Gasteiger charge is -2.37. The van der Waals surface area contributed by atoms with Crippen LogP contribution in [0.4, 0.5) is 16.8 Å². The molecule has 3 aliphatic rings. The molecule has 0 unspecified atom stereocenters. The molecule has 0 spiro atoms. The third kappa shape index (κ3) is 5.89. The first-order chi connectivity index (χ1) is 21.9. The van der Waals surface area contributed by atoms with Gasteiger partial charge in [0.2, 0.25) is 17.0 Å². The fourth-order valence-corrected chi connectivity index (χ4v) is 8.01. The zero-order valence-electron chi connectivity index (χ0n) is 25.5. The SMILES string of the molecule is CC(=O)N[C@H]1[C@@H]2CC[C@H]1CN(c1nnc(-c3cnc(-c4ccc5cnc(N[C@@H]6CCCC[C@@H]6N)nn45)cc3N[C@H](C)C#N)s1)C2. The van der Waals surface area contributed by atoms with Gasteiger partial charge >= 0.3 is 0 Å². The Hall–Kier alpha value is -4.35. The Morgan fingerprint density at radius 1 is 1.11 bits per heavy atom. The molecule has 1 aliphatic heterocycles. The number of carbonyl (C=O) groups excluding carboxylic acids is 1. The summed E-state index contributed by atoms with van der Waals surface area (Å²) < 4.78 is 1.84. The minimum absolute atomic E-state index is 0.0352. The molecule has 14 heteroatoms. The third-order valence-electron chi connectivity index (χ3n) is 9.38. The van der Waals surface area contributed by atoms with Crippen LogP contribution in [-0.4, -0.2) is 72.9 Å². The topological polar surface area (TPSA) is 175 Å². The van der Waals surface area contributed by atoms with Gasteiger partial charge in [0.1, 0.15) is 6.04 Å². The van der Waals surface area contributed by atoms with E-state index in [9.17, 15) is 10.1 Å². The van der Waals surface area contributed by atoms with Crippen molar-refractivity contribution in [3.63, 3.8) is 0 Å². The van der Waals surface area contributed by atoms with Gasteiger partial charge in [-0.1, -0.05) is 24.2 Å². The normalized spacial score (nSPS) is 25.1. The number of aromatic nitrogens is 6. The standard InChI is InChI=1S/C31H38N12OS/c1-17(12-32)36-25-11-26(27-10-9-21-13-35-30(41-43(21)27)38-24-6-4-3-5-23(24)33)34-14-22(25)29-39-40-31(45-29)42-15-19-7-8-20(16-42)28(19)37-18(2)44/h9-11,13-14,17,19-20,23-24,28H,3-8,15-16,33H2,1-2H3,(H,34,36)(H,37,44)(H,38,41)/t17-,19-,20+,23+,24-,28+/m1/s1. The summed E-state index contributed by atoms with van der Waals surface area (Å²) >= 11 is 1.52. The highest BCUT2D eigenvalue weighted by molar-refractivity contribution is 7.18. The number of nitrogens with zero attached hydrogens (tertiary/aromatic N) is 8. The fraction of sp³-hybridized carbons (Fsp3) is 0.516. The Morgan fingerprint density at radius 3 is 2.67 bits per heavy atom. The first kappa shape index (κ1) is 29.4. The second kappa shape index (κ2) is 12.2. The number of piperidine rings is 1. The van der Waals surface area contributed by atoms with Crippen LogP contribution in [-0.2, 0) is 4.79 Å². The summed E-state index contributed by atoms with van der Waals surface area (Å²) in [5.41, 5.74) is 10.2. The van der Waals surface area contributed by atoms with Gasteiger partial charge in [0.25, 0.3) is 0 Å². The van der Waals surface area contributed by atoms with Crippen LogP contribution in [0.3, 0.4) is 0 Å². The van der Waals surface area contributed by atoms with E-state index in [1.54, 1.807) is 19.3 Å². The molecule has 3 fully saturated rings. The molecule has 1 amide bonds. The first-order valence-electron chi connectivity index (χ1n) is 15.8. The van der Waals surface area contributed by atoms with E-state index in [4.69, 9.17) is 15.8 Å². The molecule has 234 valence electrons. The number of nitriles is 1. The van der Waals surface area contributed by atoms with Gasteiger partial charge in [0, 0.05) is 50.0 Å². The van der Waals surface area contributed by atoms with Gasteiger partial charge in [0.05, 0.1) is 34.7 Å². The number of fused-ring (bicyclic) bond motifs is 3. The number of carbonyl (C=O) groups is 1. The van der Waals surface area contributed by atoms with Crippen LogP contribution in [0, 0.1) is 23.2 Å². The van der Waals surface area contributed by atoms with Crippen LogP contribution in [0.5, 0.6) is 0 Å². The molecule has 5 N–H and O–H groups in total. The Labute approximate surface area is 265 Å². The zero-order chi connectivity index (χ0) is 31.1. The minimum atomic E-state index is -0.434. The summed E-state index contributed by atoms with van der Waals surface area (Å²) in [7, 11) is 0. The van der Waals surface area contributed by atoms with Crippen molar-refractivity contribution in [2.75, 3.05) is 28.6 Å². The molecule has 45 heavy (non-hydrogen) atoms. The summed E-state index contributed by atoms with van der Waals surface area (Å²) in [5.74, 6) is 1.38. The van der Waals surface area contributed by atoms with E-state index in [0.717, 1.165) is 84.2 Å². The number of nitrogens with two attached hydrogens (primary N) is 1. The summed E-state index contributed by atoms with van der Waals surface area (Å²) in [6.45, 7) is 5.10. The van der Waals surface area contributed by atoms with Crippen LogP contribution in [0.2, 0.25) is 0 Å². The van der Waals surface area contributed by atoms with Gasteiger partial charge < -0.3 is 26.6 Å². The summed E-state index contributed by atoms with van der Waals surface area (Å²) in [6.07, 6.45) is 10.1. The smallest absolute Gasteiger partial charge is 0.241 e. The van der Waals surface area contributed by atoms with Gasteiger partial charge in [-0.2, -0.15) is 5.26 Å². The van der Waals surface area contributed by atoms with Crippen LogP contribution in [0.25, 0.3) is 27.5 Å². The lowest BCUT2D eigenvalue weighted by Crippen LogP contribution is -2.52. The highest BCUT2D eigenvalue weighted by atomic mass is 32.1. The largest absolute Gasteiger partial charge is 0.369 e.